The molecule has 0 fully saturated rings. The van der Waals surface area contributed by atoms with Gasteiger partial charge in [0.15, 0.2) is 0 Å². The molecule has 0 amide bonds. The molecular weight excluding hydrogens is 283 g/mol. The lowest BCUT2D eigenvalue weighted by molar-refractivity contribution is 0.0117. The molecule has 0 bridgehead atoms. The van der Waals surface area contributed by atoms with Crippen molar-refractivity contribution in [2.75, 3.05) is 7.11 Å². The highest BCUT2D eigenvalue weighted by Crippen LogP contribution is 2.27. The Balaban J connectivity index is 2.67. The largest absolute Gasteiger partial charge is 0.379 e. The van der Waals surface area contributed by atoms with Gasteiger partial charge in [-0.25, -0.2) is 0 Å². The predicted octanol–water partition coefficient (Wildman–Crippen LogP) is 3.57. The fourth-order valence-corrected chi connectivity index (χ4v) is 2.39. The van der Waals surface area contributed by atoms with Crippen LogP contribution in [-0.2, 0) is 11.2 Å². The lowest BCUT2D eigenvalue weighted by atomic mass is 9.95. The lowest BCUT2D eigenvalue weighted by Crippen LogP contribution is -2.38. The Bertz CT molecular complexity index is 390. The number of benzene rings is 1. The molecule has 0 saturated carbocycles. The van der Waals surface area contributed by atoms with Gasteiger partial charge in [0.2, 0.25) is 0 Å². The van der Waals surface area contributed by atoms with E-state index in [1.54, 1.807) is 7.11 Å². The molecule has 0 heterocycles. The fourth-order valence-electron chi connectivity index (χ4n) is 1.84. The molecule has 1 atom stereocenters. The predicted molar refractivity (Wildman–Crippen MR) is 81.6 cm³/mol. The molecular formula is C14H22Cl2N2O. The van der Waals surface area contributed by atoms with Gasteiger partial charge in [0.1, 0.15) is 0 Å². The second kappa shape index (κ2) is 7.46. The SMILES string of the molecule is COC(C)(C)CCC(Cc1c(Cl)cccc1Cl)NN. The van der Waals surface area contributed by atoms with Gasteiger partial charge >= 0.3 is 0 Å². The number of halogens is 2. The zero-order chi connectivity index (χ0) is 14.5. The molecule has 0 aliphatic heterocycles. The van der Waals surface area contributed by atoms with Crippen LogP contribution in [0.25, 0.3) is 0 Å². The van der Waals surface area contributed by atoms with Gasteiger partial charge in [-0.3, -0.25) is 11.3 Å². The third-order valence-corrected chi connectivity index (χ3v) is 4.10. The second-order valence-corrected chi connectivity index (χ2v) is 6.08. The minimum Gasteiger partial charge on any atom is -0.379 e. The molecule has 0 spiro atoms. The van der Waals surface area contributed by atoms with Crippen LogP contribution in [0.15, 0.2) is 18.2 Å². The monoisotopic (exact) mass is 304 g/mol. The third-order valence-electron chi connectivity index (χ3n) is 3.40. The van der Waals surface area contributed by atoms with Crippen LogP contribution < -0.4 is 11.3 Å². The molecule has 108 valence electrons. The topological polar surface area (TPSA) is 47.3 Å². The van der Waals surface area contributed by atoms with E-state index in [2.05, 4.69) is 19.3 Å². The van der Waals surface area contributed by atoms with E-state index in [9.17, 15) is 0 Å². The van der Waals surface area contributed by atoms with E-state index < -0.39 is 0 Å². The van der Waals surface area contributed by atoms with Crippen LogP contribution in [0.3, 0.4) is 0 Å². The Morgan fingerprint density at radius 2 is 1.89 bits per heavy atom. The highest BCUT2D eigenvalue weighted by molar-refractivity contribution is 6.35. The Hall–Kier alpha value is -0.320. The van der Waals surface area contributed by atoms with Gasteiger partial charge < -0.3 is 4.74 Å². The number of methoxy groups -OCH3 is 1. The molecule has 1 aromatic carbocycles. The maximum Gasteiger partial charge on any atom is 0.0623 e. The van der Waals surface area contributed by atoms with E-state index in [4.69, 9.17) is 33.8 Å². The number of nitrogens with one attached hydrogen (secondary N) is 1. The van der Waals surface area contributed by atoms with E-state index in [0.29, 0.717) is 16.5 Å². The first-order valence-corrected chi connectivity index (χ1v) is 7.09. The zero-order valence-electron chi connectivity index (χ0n) is 11.7. The highest BCUT2D eigenvalue weighted by atomic mass is 35.5. The number of rotatable bonds is 7. The van der Waals surface area contributed by atoms with Gasteiger partial charge in [-0.05, 0) is 50.8 Å². The summed E-state index contributed by atoms with van der Waals surface area (Å²) in [7, 11) is 1.72. The molecule has 1 unspecified atom stereocenters. The summed E-state index contributed by atoms with van der Waals surface area (Å²) in [6.07, 6.45) is 2.49. The molecule has 0 aromatic heterocycles. The lowest BCUT2D eigenvalue weighted by Gasteiger charge is -2.26. The van der Waals surface area contributed by atoms with Crippen molar-refractivity contribution in [1.29, 1.82) is 0 Å². The van der Waals surface area contributed by atoms with E-state index >= 15 is 0 Å². The first-order valence-electron chi connectivity index (χ1n) is 6.34. The molecule has 0 aliphatic carbocycles. The van der Waals surface area contributed by atoms with Gasteiger partial charge in [-0.15, -0.1) is 0 Å². The number of hydrogen-bond donors (Lipinski definition) is 2. The van der Waals surface area contributed by atoms with Crippen LogP contribution in [0.2, 0.25) is 10.0 Å². The molecule has 0 saturated heterocycles. The van der Waals surface area contributed by atoms with Crippen molar-refractivity contribution in [2.45, 2.75) is 44.8 Å². The van der Waals surface area contributed by atoms with Gasteiger partial charge in [0.25, 0.3) is 0 Å². The summed E-state index contributed by atoms with van der Waals surface area (Å²) >= 11 is 12.3. The summed E-state index contributed by atoms with van der Waals surface area (Å²) in [4.78, 5) is 0. The summed E-state index contributed by atoms with van der Waals surface area (Å²) in [5, 5.41) is 1.36. The fraction of sp³-hybridized carbons (Fsp3) is 0.571. The van der Waals surface area contributed by atoms with Gasteiger partial charge in [-0.2, -0.15) is 0 Å². The van der Waals surface area contributed by atoms with Crippen LogP contribution in [0.1, 0.15) is 32.3 Å². The molecule has 1 rings (SSSR count). The smallest absolute Gasteiger partial charge is 0.0623 e. The normalized spacial score (nSPS) is 13.6. The van der Waals surface area contributed by atoms with Crippen molar-refractivity contribution in [3.05, 3.63) is 33.8 Å². The van der Waals surface area contributed by atoms with Gasteiger partial charge in [0.05, 0.1) is 5.60 Å². The number of nitrogens with two attached hydrogens (primary N) is 1. The van der Waals surface area contributed by atoms with Crippen molar-refractivity contribution in [3.63, 3.8) is 0 Å². The average molecular weight is 305 g/mol. The number of hydrogen-bond acceptors (Lipinski definition) is 3. The molecule has 1 aromatic rings. The second-order valence-electron chi connectivity index (χ2n) is 5.27. The minimum atomic E-state index is -0.153. The van der Waals surface area contributed by atoms with Gasteiger partial charge in [0, 0.05) is 23.2 Å². The first-order chi connectivity index (χ1) is 8.89. The number of hydrazine groups is 1. The third kappa shape index (κ3) is 5.28. The van der Waals surface area contributed by atoms with Crippen molar-refractivity contribution in [1.82, 2.24) is 5.43 Å². The summed E-state index contributed by atoms with van der Waals surface area (Å²) in [6, 6.07) is 5.64. The maximum atomic E-state index is 6.17. The van der Waals surface area contributed by atoms with Crippen molar-refractivity contribution >= 4 is 23.2 Å². The van der Waals surface area contributed by atoms with Crippen LogP contribution in [-0.4, -0.2) is 18.8 Å². The van der Waals surface area contributed by atoms with Gasteiger partial charge in [-0.1, -0.05) is 29.3 Å². The molecule has 3 nitrogen and oxygen atoms in total. The van der Waals surface area contributed by atoms with Crippen LogP contribution in [0, 0.1) is 0 Å². The number of ether oxygens (including phenoxy) is 1. The van der Waals surface area contributed by atoms with Crippen LogP contribution in [0.4, 0.5) is 0 Å². The van der Waals surface area contributed by atoms with E-state index in [0.717, 1.165) is 18.4 Å². The van der Waals surface area contributed by atoms with Crippen molar-refractivity contribution in [3.8, 4) is 0 Å². The molecule has 5 heteroatoms. The molecule has 0 radical (unpaired) electrons. The van der Waals surface area contributed by atoms with Crippen LogP contribution >= 0.6 is 23.2 Å². The maximum absolute atomic E-state index is 6.17. The van der Waals surface area contributed by atoms with Crippen molar-refractivity contribution < 1.29 is 4.74 Å². The quantitative estimate of drug-likeness (QED) is 0.598. The van der Waals surface area contributed by atoms with E-state index in [1.807, 2.05) is 18.2 Å². The van der Waals surface area contributed by atoms with E-state index in [1.165, 1.54) is 0 Å². The van der Waals surface area contributed by atoms with Crippen molar-refractivity contribution in [2.24, 2.45) is 5.84 Å². The van der Waals surface area contributed by atoms with E-state index in [-0.39, 0.29) is 11.6 Å². The summed E-state index contributed by atoms with van der Waals surface area (Å²) in [5.41, 5.74) is 3.61. The zero-order valence-corrected chi connectivity index (χ0v) is 13.2. The molecule has 19 heavy (non-hydrogen) atoms. The molecule has 0 aliphatic rings. The Kier molecular flexibility index (Phi) is 6.57. The van der Waals surface area contributed by atoms with Crippen LogP contribution in [0.5, 0.6) is 0 Å². The Labute approximate surface area is 125 Å². The Morgan fingerprint density at radius 3 is 2.37 bits per heavy atom. The summed E-state index contributed by atoms with van der Waals surface area (Å²) in [6.45, 7) is 4.12. The summed E-state index contributed by atoms with van der Waals surface area (Å²) in [5.74, 6) is 5.61. The standard InChI is InChI=1S/C14H22Cl2N2O/c1-14(2,19-3)8-7-10(18-17)9-11-12(15)5-4-6-13(11)16/h4-6,10,18H,7-9,17H2,1-3H3. The summed E-state index contributed by atoms with van der Waals surface area (Å²) < 4.78 is 5.41. The average Bonchev–Trinajstić information content (AvgIpc) is 2.37. The molecule has 3 N–H and O–H groups in total. The Morgan fingerprint density at radius 1 is 1.32 bits per heavy atom. The minimum absolute atomic E-state index is 0.117. The first kappa shape index (κ1) is 16.7. The highest BCUT2D eigenvalue weighted by Gasteiger charge is 2.20.